The smallest absolute Gasteiger partial charge is 0.162 e. The van der Waals surface area contributed by atoms with Crippen molar-refractivity contribution in [2.75, 3.05) is 0 Å². The molecule has 23 heavy (non-hydrogen) atoms. The number of halogens is 2. The average Bonchev–Trinajstić information content (AvgIpc) is 2.59. The van der Waals surface area contributed by atoms with Crippen molar-refractivity contribution in [2.24, 2.45) is 0 Å². The van der Waals surface area contributed by atoms with Gasteiger partial charge in [-0.1, -0.05) is 54.6 Å². The monoisotopic (exact) mass is 310 g/mol. The molecule has 0 N–H and O–H groups in total. The van der Waals surface area contributed by atoms with Crippen LogP contribution in [0.3, 0.4) is 0 Å². The van der Waals surface area contributed by atoms with Crippen LogP contribution in [-0.4, -0.2) is 0 Å². The van der Waals surface area contributed by atoms with E-state index in [2.05, 4.69) is 12.1 Å². The van der Waals surface area contributed by atoms with Crippen molar-refractivity contribution >= 4 is 0 Å². The van der Waals surface area contributed by atoms with Gasteiger partial charge in [-0.25, -0.2) is 8.78 Å². The van der Waals surface area contributed by atoms with Crippen molar-refractivity contribution in [2.45, 2.75) is 13.5 Å². The third-order valence-electron chi connectivity index (χ3n) is 3.65. The predicted molar refractivity (Wildman–Crippen MR) is 87.3 cm³/mol. The first-order valence-electron chi connectivity index (χ1n) is 7.36. The second-order valence-corrected chi connectivity index (χ2v) is 5.39. The van der Waals surface area contributed by atoms with Crippen LogP contribution in [0.2, 0.25) is 0 Å². The first-order chi connectivity index (χ1) is 11.1. The van der Waals surface area contributed by atoms with E-state index in [4.69, 9.17) is 4.74 Å². The Morgan fingerprint density at radius 2 is 1.48 bits per heavy atom. The van der Waals surface area contributed by atoms with Gasteiger partial charge in [-0.05, 0) is 35.2 Å². The van der Waals surface area contributed by atoms with E-state index in [1.165, 1.54) is 13.0 Å². The third kappa shape index (κ3) is 3.57. The van der Waals surface area contributed by atoms with E-state index in [0.717, 1.165) is 22.8 Å². The van der Waals surface area contributed by atoms with Gasteiger partial charge in [0.25, 0.3) is 0 Å². The van der Waals surface area contributed by atoms with Crippen LogP contribution < -0.4 is 4.74 Å². The molecule has 0 heterocycles. The van der Waals surface area contributed by atoms with E-state index < -0.39 is 11.6 Å². The lowest BCUT2D eigenvalue weighted by atomic mass is 10.0. The predicted octanol–water partition coefficient (Wildman–Crippen LogP) is 5.52. The van der Waals surface area contributed by atoms with Crippen molar-refractivity contribution in [3.05, 3.63) is 89.5 Å². The molecule has 0 atom stereocenters. The molecule has 0 aliphatic heterocycles. The highest BCUT2D eigenvalue weighted by atomic mass is 19.2. The summed E-state index contributed by atoms with van der Waals surface area (Å²) in [5.41, 5.74) is 3.47. The zero-order valence-corrected chi connectivity index (χ0v) is 12.7. The van der Waals surface area contributed by atoms with Gasteiger partial charge in [-0.2, -0.15) is 0 Å². The molecule has 0 unspecified atom stereocenters. The Balaban J connectivity index is 1.70. The summed E-state index contributed by atoms with van der Waals surface area (Å²) in [5.74, 6) is -1.39. The van der Waals surface area contributed by atoms with Crippen molar-refractivity contribution in [1.82, 2.24) is 0 Å². The van der Waals surface area contributed by atoms with E-state index in [-0.39, 0.29) is 5.56 Å². The van der Waals surface area contributed by atoms with E-state index in [1.54, 1.807) is 0 Å². The molecule has 0 aliphatic rings. The molecule has 1 nitrogen and oxygen atoms in total. The number of rotatable bonds is 4. The lowest BCUT2D eigenvalue weighted by Crippen LogP contribution is -1.98. The van der Waals surface area contributed by atoms with Gasteiger partial charge in [0.2, 0.25) is 0 Å². The first kappa shape index (κ1) is 15.2. The second-order valence-electron chi connectivity index (χ2n) is 5.39. The van der Waals surface area contributed by atoms with Crippen LogP contribution in [-0.2, 0) is 6.61 Å². The molecule has 0 saturated carbocycles. The van der Waals surface area contributed by atoms with E-state index >= 15 is 0 Å². The molecule has 3 aromatic rings. The summed E-state index contributed by atoms with van der Waals surface area (Å²) in [4.78, 5) is 0. The molecule has 0 aromatic heterocycles. The summed E-state index contributed by atoms with van der Waals surface area (Å²) in [6, 6.07) is 20.6. The number of hydrogen-bond donors (Lipinski definition) is 0. The maximum absolute atomic E-state index is 13.4. The molecular weight excluding hydrogens is 294 g/mol. The fraction of sp³-hybridized carbons (Fsp3) is 0.100. The molecule has 0 amide bonds. The lowest BCUT2D eigenvalue weighted by molar-refractivity contribution is 0.303. The molecule has 0 radical (unpaired) electrons. The van der Waals surface area contributed by atoms with Gasteiger partial charge >= 0.3 is 0 Å². The van der Waals surface area contributed by atoms with Crippen LogP contribution in [0.15, 0.2) is 66.7 Å². The Bertz CT molecular complexity index is 773. The van der Waals surface area contributed by atoms with Gasteiger partial charge in [0.15, 0.2) is 11.6 Å². The quantitative estimate of drug-likeness (QED) is 0.616. The Morgan fingerprint density at radius 3 is 2.13 bits per heavy atom. The van der Waals surface area contributed by atoms with Gasteiger partial charge in [0.05, 0.1) is 0 Å². The van der Waals surface area contributed by atoms with Gasteiger partial charge in [-0.15, -0.1) is 0 Å². The summed E-state index contributed by atoms with van der Waals surface area (Å²) >= 11 is 0. The van der Waals surface area contributed by atoms with Gasteiger partial charge < -0.3 is 4.74 Å². The minimum Gasteiger partial charge on any atom is -0.489 e. The lowest BCUT2D eigenvalue weighted by Gasteiger charge is -2.09. The third-order valence-corrected chi connectivity index (χ3v) is 3.65. The molecule has 0 spiro atoms. The zero-order chi connectivity index (χ0) is 16.2. The normalized spacial score (nSPS) is 10.6. The highest BCUT2D eigenvalue weighted by Crippen LogP contribution is 2.22. The first-order valence-corrected chi connectivity index (χ1v) is 7.36. The molecule has 0 saturated heterocycles. The van der Waals surface area contributed by atoms with Gasteiger partial charge in [-0.3, -0.25) is 0 Å². The maximum atomic E-state index is 13.4. The Morgan fingerprint density at radius 1 is 0.826 bits per heavy atom. The SMILES string of the molecule is Cc1cc(OCc2ccc(-c3ccccc3)cc2)cc(F)c1F. The van der Waals surface area contributed by atoms with Crippen LogP contribution in [0.5, 0.6) is 5.75 Å². The second kappa shape index (κ2) is 6.61. The van der Waals surface area contributed by atoms with Crippen molar-refractivity contribution in [1.29, 1.82) is 0 Å². The summed E-state index contributed by atoms with van der Waals surface area (Å²) in [6.45, 7) is 1.82. The van der Waals surface area contributed by atoms with E-state index in [9.17, 15) is 8.78 Å². The number of ether oxygens (including phenoxy) is 1. The number of hydrogen-bond acceptors (Lipinski definition) is 1. The molecule has 3 heteroatoms. The van der Waals surface area contributed by atoms with Crippen LogP contribution in [0.1, 0.15) is 11.1 Å². The van der Waals surface area contributed by atoms with E-state index in [0.29, 0.717) is 12.4 Å². The fourth-order valence-electron chi connectivity index (χ4n) is 2.37. The Labute approximate surface area is 134 Å². The van der Waals surface area contributed by atoms with Crippen LogP contribution in [0.4, 0.5) is 8.78 Å². The Kier molecular flexibility index (Phi) is 4.38. The van der Waals surface area contributed by atoms with Crippen molar-refractivity contribution in [3.63, 3.8) is 0 Å². The summed E-state index contributed by atoms with van der Waals surface area (Å²) < 4.78 is 32.1. The Hall–Kier alpha value is -2.68. The molecule has 0 bridgehead atoms. The van der Waals surface area contributed by atoms with Crippen LogP contribution >= 0.6 is 0 Å². The number of benzene rings is 3. The standard InChI is InChI=1S/C20H16F2O/c1-14-11-18(12-19(21)20(14)22)23-13-15-7-9-17(10-8-15)16-5-3-2-4-6-16/h2-12H,13H2,1H3. The number of aryl methyl sites for hydroxylation is 1. The fourth-order valence-corrected chi connectivity index (χ4v) is 2.37. The molecular formula is C20H16F2O. The average molecular weight is 310 g/mol. The summed E-state index contributed by atoms with van der Waals surface area (Å²) in [7, 11) is 0. The maximum Gasteiger partial charge on any atom is 0.162 e. The minimum atomic E-state index is -0.889. The van der Waals surface area contributed by atoms with Crippen LogP contribution in [0, 0.1) is 18.6 Å². The summed E-state index contributed by atoms with van der Waals surface area (Å²) in [5, 5.41) is 0. The molecule has 3 rings (SSSR count). The van der Waals surface area contributed by atoms with Crippen LogP contribution in [0.25, 0.3) is 11.1 Å². The van der Waals surface area contributed by atoms with Gasteiger partial charge in [0.1, 0.15) is 12.4 Å². The highest BCUT2D eigenvalue weighted by molar-refractivity contribution is 5.63. The topological polar surface area (TPSA) is 9.23 Å². The van der Waals surface area contributed by atoms with Gasteiger partial charge in [0, 0.05) is 6.07 Å². The minimum absolute atomic E-state index is 0.236. The van der Waals surface area contributed by atoms with Crippen molar-refractivity contribution < 1.29 is 13.5 Å². The molecule has 0 aliphatic carbocycles. The molecule has 3 aromatic carbocycles. The molecule has 0 fully saturated rings. The summed E-state index contributed by atoms with van der Waals surface area (Å²) in [6.07, 6.45) is 0. The largest absolute Gasteiger partial charge is 0.489 e. The van der Waals surface area contributed by atoms with E-state index in [1.807, 2.05) is 42.5 Å². The molecule has 116 valence electrons. The zero-order valence-electron chi connectivity index (χ0n) is 12.7. The van der Waals surface area contributed by atoms with Crippen molar-refractivity contribution in [3.8, 4) is 16.9 Å². The highest BCUT2D eigenvalue weighted by Gasteiger charge is 2.08.